The normalized spacial score (nSPS) is 14.5. The molecule has 4 heterocycles. The van der Waals surface area contributed by atoms with E-state index in [2.05, 4.69) is 63.0 Å². The lowest BCUT2D eigenvalue weighted by atomic mass is 10.0. The van der Waals surface area contributed by atoms with Gasteiger partial charge in [-0.3, -0.25) is 9.59 Å². The first-order valence-corrected chi connectivity index (χ1v) is 13.2. The maximum atomic E-state index is 13.2. The van der Waals surface area contributed by atoms with Gasteiger partial charge in [-0.1, -0.05) is 6.08 Å². The Morgan fingerprint density at radius 1 is 1.10 bits per heavy atom. The Hall–Kier alpha value is -4.25. The number of allylic oxidation sites excluding steroid dienone is 1. The second kappa shape index (κ2) is 10.9. The number of piperidine rings is 1. The van der Waals surface area contributed by atoms with Crippen molar-refractivity contribution in [3.8, 4) is 5.82 Å². The van der Waals surface area contributed by atoms with E-state index in [0.717, 1.165) is 31.6 Å². The van der Waals surface area contributed by atoms with Crippen LogP contribution in [0.2, 0.25) is 0 Å². The van der Waals surface area contributed by atoms with Gasteiger partial charge >= 0.3 is 0 Å². The van der Waals surface area contributed by atoms with Crippen molar-refractivity contribution in [2.45, 2.75) is 45.3 Å². The summed E-state index contributed by atoms with van der Waals surface area (Å²) in [6, 6.07) is 11.8. The summed E-state index contributed by atoms with van der Waals surface area (Å²) in [5, 5.41) is 8.12. The fourth-order valence-corrected chi connectivity index (χ4v) is 5.03. The van der Waals surface area contributed by atoms with Crippen LogP contribution in [-0.4, -0.2) is 67.2 Å². The summed E-state index contributed by atoms with van der Waals surface area (Å²) in [4.78, 5) is 39.3. The van der Waals surface area contributed by atoms with Crippen LogP contribution in [0.25, 0.3) is 16.9 Å². The Labute approximate surface area is 227 Å². The number of hydrogen-bond acceptors (Lipinski definition) is 8. The van der Waals surface area contributed by atoms with Gasteiger partial charge in [0.15, 0.2) is 11.5 Å². The summed E-state index contributed by atoms with van der Waals surface area (Å²) < 4.78 is 4.49. The third-order valence-corrected chi connectivity index (χ3v) is 7.18. The number of anilines is 3. The molecule has 1 aliphatic heterocycles. The van der Waals surface area contributed by atoms with Gasteiger partial charge in [-0.25, -0.2) is 19.0 Å². The van der Waals surface area contributed by atoms with Crippen molar-refractivity contribution in [1.82, 2.24) is 34.0 Å². The molecule has 1 aromatic carbocycles. The van der Waals surface area contributed by atoms with E-state index in [-0.39, 0.29) is 23.7 Å². The van der Waals surface area contributed by atoms with Gasteiger partial charge in [0, 0.05) is 42.8 Å². The van der Waals surface area contributed by atoms with Gasteiger partial charge in [0.25, 0.3) is 11.1 Å². The molecule has 0 bridgehead atoms. The molecule has 1 N–H and O–H groups in total. The molecule has 0 unspecified atom stereocenters. The van der Waals surface area contributed by atoms with Crippen LogP contribution in [0.1, 0.15) is 32.7 Å². The van der Waals surface area contributed by atoms with Crippen LogP contribution in [-0.2, 0) is 6.54 Å². The van der Waals surface area contributed by atoms with E-state index in [4.69, 9.17) is 0 Å². The molecule has 3 aromatic heterocycles. The zero-order chi connectivity index (χ0) is 27.7. The van der Waals surface area contributed by atoms with Crippen molar-refractivity contribution >= 4 is 28.4 Å². The standard InChI is InChI=1S/C28H35N9O2/c1-6-15-35-27(39)23-18-29-28(31-26(23)37(35)24-11-12-25(38)36(32-24)19(2)3)30-20-7-9-22(10-8-20)34-16-13-21(14-17-34)33(4)5/h6-12,18-19,21H,1,13-17H2,2-5H3,(H,29,30,31). The molecule has 11 heteroatoms. The summed E-state index contributed by atoms with van der Waals surface area (Å²) in [6.07, 6.45) is 5.45. The first-order chi connectivity index (χ1) is 18.8. The maximum absolute atomic E-state index is 13.2. The molecule has 0 spiro atoms. The van der Waals surface area contributed by atoms with Crippen LogP contribution < -0.4 is 21.3 Å². The van der Waals surface area contributed by atoms with E-state index in [1.165, 1.54) is 27.3 Å². The number of nitrogens with zero attached hydrogens (tertiary/aromatic N) is 8. The van der Waals surface area contributed by atoms with Crippen molar-refractivity contribution in [1.29, 1.82) is 0 Å². The van der Waals surface area contributed by atoms with Crippen LogP contribution in [0.15, 0.2) is 64.8 Å². The lowest BCUT2D eigenvalue weighted by molar-refractivity contribution is 0.249. The smallest absolute Gasteiger partial charge is 0.278 e. The Kier molecular flexibility index (Phi) is 7.34. The first kappa shape index (κ1) is 26.4. The van der Waals surface area contributed by atoms with Gasteiger partial charge in [0.2, 0.25) is 5.95 Å². The van der Waals surface area contributed by atoms with E-state index >= 15 is 0 Å². The Balaban J connectivity index is 1.45. The van der Waals surface area contributed by atoms with E-state index in [1.54, 1.807) is 16.8 Å². The molecule has 11 nitrogen and oxygen atoms in total. The molecule has 0 saturated carbocycles. The molecule has 4 aromatic rings. The third kappa shape index (κ3) is 5.22. The van der Waals surface area contributed by atoms with Gasteiger partial charge in [0.05, 0.1) is 12.6 Å². The minimum Gasteiger partial charge on any atom is -0.371 e. The largest absolute Gasteiger partial charge is 0.371 e. The molecule has 0 atom stereocenters. The lowest BCUT2D eigenvalue weighted by Gasteiger charge is -2.36. The van der Waals surface area contributed by atoms with Crippen LogP contribution in [0.3, 0.4) is 0 Å². The highest BCUT2D eigenvalue weighted by Gasteiger charge is 2.21. The van der Waals surface area contributed by atoms with Crippen molar-refractivity contribution in [2.24, 2.45) is 0 Å². The highest BCUT2D eigenvalue weighted by molar-refractivity contribution is 5.77. The fourth-order valence-electron chi connectivity index (χ4n) is 5.03. The molecule has 1 saturated heterocycles. The summed E-state index contributed by atoms with van der Waals surface area (Å²) >= 11 is 0. The average Bonchev–Trinajstić information content (AvgIpc) is 3.20. The molecule has 5 rings (SSSR count). The number of rotatable bonds is 8. The van der Waals surface area contributed by atoms with Crippen molar-refractivity contribution < 1.29 is 0 Å². The van der Waals surface area contributed by atoms with Gasteiger partial charge in [-0.15, -0.1) is 11.7 Å². The molecule has 204 valence electrons. The topological polar surface area (TPSA) is 106 Å². The summed E-state index contributed by atoms with van der Waals surface area (Å²) in [5.41, 5.74) is 1.94. The van der Waals surface area contributed by atoms with Crippen molar-refractivity contribution in [3.05, 3.63) is 76.0 Å². The molecule has 1 aliphatic rings. The second-order valence-electron chi connectivity index (χ2n) is 10.3. The first-order valence-electron chi connectivity index (χ1n) is 13.2. The summed E-state index contributed by atoms with van der Waals surface area (Å²) in [7, 11) is 4.29. The second-order valence-corrected chi connectivity index (χ2v) is 10.3. The highest BCUT2D eigenvalue weighted by atomic mass is 16.1. The number of nitrogens with one attached hydrogen (secondary N) is 1. The van der Waals surface area contributed by atoms with Gasteiger partial charge in [0.1, 0.15) is 5.39 Å². The SMILES string of the molecule is C=CCn1c(=O)c2cnc(Nc3ccc(N4CCC(N(C)C)CC4)cc3)nc2n1-c1ccc(=O)n(C(C)C)n1. The molecular weight excluding hydrogens is 494 g/mol. The predicted molar refractivity (Wildman–Crippen MR) is 154 cm³/mol. The number of fused-ring (bicyclic) bond motifs is 1. The van der Waals surface area contributed by atoms with E-state index in [1.807, 2.05) is 26.0 Å². The fraction of sp³-hybridized carbons (Fsp3) is 0.393. The molecule has 0 radical (unpaired) electrons. The van der Waals surface area contributed by atoms with Gasteiger partial charge in [-0.2, -0.15) is 4.98 Å². The van der Waals surface area contributed by atoms with Crippen LogP contribution in [0, 0.1) is 0 Å². The Morgan fingerprint density at radius 3 is 2.46 bits per heavy atom. The molecule has 1 fully saturated rings. The maximum Gasteiger partial charge on any atom is 0.278 e. The molecule has 0 aliphatic carbocycles. The monoisotopic (exact) mass is 529 g/mol. The van der Waals surface area contributed by atoms with Gasteiger partial charge in [-0.05, 0) is 71.1 Å². The average molecular weight is 530 g/mol. The van der Waals surface area contributed by atoms with Crippen LogP contribution in [0.5, 0.6) is 0 Å². The zero-order valence-electron chi connectivity index (χ0n) is 22.9. The predicted octanol–water partition coefficient (Wildman–Crippen LogP) is 3.18. The number of benzene rings is 1. The Morgan fingerprint density at radius 2 is 1.82 bits per heavy atom. The minimum absolute atomic E-state index is 0.145. The quantitative estimate of drug-likeness (QED) is 0.347. The van der Waals surface area contributed by atoms with Crippen molar-refractivity contribution in [3.63, 3.8) is 0 Å². The van der Waals surface area contributed by atoms with Crippen LogP contribution in [0.4, 0.5) is 17.3 Å². The summed E-state index contributed by atoms with van der Waals surface area (Å²) in [5.74, 6) is 0.757. The minimum atomic E-state index is -0.261. The lowest BCUT2D eigenvalue weighted by Crippen LogP contribution is -2.41. The third-order valence-electron chi connectivity index (χ3n) is 7.18. The van der Waals surface area contributed by atoms with Crippen LogP contribution >= 0.6 is 0 Å². The van der Waals surface area contributed by atoms with E-state index in [0.29, 0.717) is 28.8 Å². The zero-order valence-corrected chi connectivity index (χ0v) is 22.9. The number of hydrogen-bond donors (Lipinski definition) is 1. The van der Waals surface area contributed by atoms with Crippen molar-refractivity contribution in [2.75, 3.05) is 37.4 Å². The number of aromatic nitrogens is 6. The van der Waals surface area contributed by atoms with Gasteiger partial charge < -0.3 is 15.1 Å². The molecule has 0 amide bonds. The molecular formula is C28H35N9O2. The van der Waals surface area contributed by atoms with E-state index in [9.17, 15) is 9.59 Å². The summed E-state index contributed by atoms with van der Waals surface area (Å²) in [6.45, 7) is 9.86. The molecule has 39 heavy (non-hydrogen) atoms. The van der Waals surface area contributed by atoms with E-state index < -0.39 is 0 Å². The Bertz CT molecular complexity index is 1590. The highest BCUT2D eigenvalue weighted by Crippen LogP contribution is 2.25.